The van der Waals surface area contributed by atoms with Crippen LogP contribution in [0.5, 0.6) is 5.75 Å². The molecule has 0 aromatic heterocycles. The lowest BCUT2D eigenvalue weighted by atomic mass is 10.1. The van der Waals surface area contributed by atoms with E-state index in [0.29, 0.717) is 17.3 Å². The quantitative estimate of drug-likeness (QED) is 0.515. The van der Waals surface area contributed by atoms with Crippen molar-refractivity contribution in [1.29, 1.82) is 0 Å². The Hall–Kier alpha value is -2.18. The molecule has 0 radical (unpaired) electrons. The van der Waals surface area contributed by atoms with Crippen molar-refractivity contribution in [2.45, 2.75) is 51.6 Å². The molecule has 0 saturated carbocycles. The van der Waals surface area contributed by atoms with Crippen molar-refractivity contribution >= 4 is 35.2 Å². The van der Waals surface area contributed by atoms with E-state index in [1.807, 2.05) is 62.4 Å². The Labute approximate surface area is 194 Å². The van der Waals surface area contributed by atoms with Crippen LogP contribution in [0.1, 0.15) is 38.3 Å². The first-order valence-corrected chi connectivity index (χ1v) is 11.9. The first-order valence-electron chi connectivity index (χ1n) is 10.4. The zero-order valence-corrected chi connectivity index (χ0v) is 20.1. The number of benzene rings is 2. The van der Waals surface area contributed by atoms with Gasteiger partial charge in [-0.15, -0.1) is 11.8 Å². The summed E-state index contributed by atoms with van der Waals surface area (Å²) in [5.41, 5.74) is 1.90. The van der Waals surface area contributed by atoms with Gasteiger partial charge in [-0.25, -0.2) is 0 Å². The van der Waals surface area contributed by atoms with Gasteiger partial charge in [0.15, 0.2) is 0 Å². The van der Waals surface area contributed by atoms with Gasteiger partial charge in [-0.1, -0.05) is 48.9 Å². The summed E-state index contributed by atoms with van der Waals surface area (Å²) in [5, 5.41) is 3.67. The molecular weight excluding hydrogens is 432 g/mol. The van der Waals surface area contributed by atoms with Gasteiger partial charge < -0.3 is 15.0 Å². The zero-order valence-electron chi connectivity index (χ0n) is 18.6. The number of halogens is 1. The molecule has 5 nitrogen and oxygen atoms in total. The molecule has 2 aromatic rings. The van der Waals surface area contributed by atoms with Crippen LogP contribution < -0.4 is 10.1 Å². The minimum Gasteiger partial charge on any atom is -0.497 e. The second-order valence-corrected chi connectivity index (χ2v) is 8.84. The van der Waals surface area contributed by atoms with E-state index in [4.69, 9.17) is 16.3 Å². The third-order valence-electron chi connectivity index (χ3n) is 5.10. The Morgan fingerprint density at radius 1 is 1.16 bits per heavy atom. The normalized spacial score (nSPS) is 12.7. The first kappa shape index (κ1) is 25.1. The second-order valence-electron chi connectivity index (χ2n) is 7.45. The van der Waals surface area contributed by atoms with Crippen LogP contribution >= 0.6 is 23.4 Å². The van der Waals surface area contributed by atoms with Crippen LogP contribution in [0.3, 0.4) is 0 Å². The number of hydrogen-bond acceptors (Lipinski definition) is 4. The van der Waals surface area contributed by atoms with E-state index in [2.05, 4.69) is 5.32 Å². The molecule has 0 saturated heterocycles. The molecule has 7 heteroatoms. The molecular formula is C24H31ClN2O3S. The minimum atomic E-state index is -0.589. The van der Waals surface area contributed by atoms with Gasteiger partial charge >= 0.3 is 0 Å². The average Bonchev–Trinajstić information content (AvgIpc) is 2.78. The highest BCUT2D eigenvalue weighted by Crippen LogP contribution is 2.22. The topological polar surface area (TPSA) is 58.6 Å². The predicted molar refractivity (Wildman–Crippen MR) is 129 cm³/mol. The molecule has 0 heterocycles. The van der Waals surface area contributed by atoms with E-state index in [1.54, 1.807) is 18.9 Å². The van der Waals surface area contributed by atoms with Crippen molar-refractivity contribution in [2.75, 3.05) is 12.9 Å². The number of methoxy groups -OCH3 is 1. The van der Waals surface area contributed by atoms with Gasteiger partial charge in [0.2, 0.25) is 11.8 Å². The number of amides is 2. The minimum absolute atomic E-state index is 0.0540. The van der Waals surface area contributed by atoms with Crippen molar-refractivity contribution in [3.05, 3.63) is 64.7 Å². The third-order valence-corrected chi connectivity index (χ3v) is 6.43. The van der Waals surface area contributed by atoms with Gasteiger partial charge in [0.1, 0.15) is 11.8 Å². The summed E-state index contributed by atoms with van der Waals surface area (Å²) in [4.78, 5) is 27.5. The molecule has 2 amide bonds. The molecule has 2 atom stereocenters. The van der Waals surface area contributed by atoms with E-state index in [1.165, 1.54) is 11.8 Å². The Bertz CT molecular complexity index is 877. The lowest BCUT2D eigenvalue weighted by Crippen LogP contribution is -2.50. The molecule has 0 aliphatic heterocycles. The summed E-state index contributed by atoms with van der Waals surface area (Å²) in [5.74, 6) is 1.37. The number of thioether (sulfide) groups is 1. The lowest BCUT2D eigenvalue weighted by Gasteiger charge is -2.29. The lowest BCUT2D eigenvalue weighted by molar-refractivity contribution is -0.138. The van der Waals surface area contributed by atoms with Crippen LogP contribution in [-0.2, 0) is 21.9 Å². The maximum absolute atomic E-state index is 13.1. The molecule has 168 valence electrons. The highest BCUT2D eigenvalue weighted by molar-refractivity contribution is 7.99. The number of ether oxygens (including phenoxy) is 1. The Kier molecular flexibility index (Phi) is 10.2. The fraction of sp³-hybridized carbons (Fsp3) is 0.417. The Balaban J connectivity index is 2.11. The molecule has 1 N–H and O–H groups in total. The van der Waals surface area contributed by atoms with E-state index >= 15 is 0 Å². The van der Waals surface area contributed by atoms with Gasteiger partial charge in [-0.2, -0.15) is 0 Å². The van der Waals surface area contributed by atoms with Crippen LogP contribution in [0.15, 0.2) is 48.5 Å². The van der Waals surface area contributed by atoms with E-state index in [-0.39, 0.29) is 23.6 Å². The molecule has 2 rings (SSSR count). The van der Waals surface area contributed by atoms with Crippen molar-refractivity contribution in [1.82, 2.24) is 10.2 Å². The molecule has 2 aromatic carbocycles. The van der Waals surface area contributed by atoms with E-state index in [0.717, 1.165) is 23.3 Å². The van der Waals surface area contributed by atoms with Crippen LogP contribution in [-0.4, -0.2) is 41.7 Å². The average molecular weight is 463 g/mol. The number of rotatable bonds is 11. The molecule has 0 fully saturated rings. The summed E-state index contributed by atoms with van der Waals surface area (Å²) in [6, 6.07) is 14.6. The monoisotopic (exact) mass is 462 g/mol. The van der Waals surface area contributed by atoms with Crippen LogP contribution in [0, 0.1) is 0 Å². The fourth-order valence-electron chi connectivity index (χ4n) is 2.96. The molecule has 0 unspecified atom stereocenters. The van der Waals surface area contributed by atoms with E-state index < -0.39 is 6.04 Å². The highest BCUT2D eigenvalue weighted by atomic mass is 35.5. The molecule has 31 heavy (non-hydrogen) atoms. The molecule has 0 bridgehead atoms. The van der Waals surface area contributed by atoms with Gasteiger partial charge in [0.25, 0.3) is 0 Å². The predicted octanol–water partition coefficient (Wildman–Crippen LogP) is 4.91. The van der Waals surface area contributed by atoms with Gasteiger partial charge in [0, 0.05) is 23.4 Å². The maximum Gasteiger partial charge on any atom is 0.242 e. The van der Waals surface area contributed by atoms with Crippen molar-refractivity contribution < 1.29 is 14.3 Å². The van der Waals surface area contributed by atoms with Crippen LogP contribution in [0.2, 0.25) is 5.02 Å². The summed E-state index contributed by atoms with van der Waals surface area (Å²) < 4.78 is 5.30. The standard InChI is InChI=1S/C24H31ClN2O3S/c1-5-17(2)26-24(29)18(3)27(14-19-9-8-11-21(13-19)30-4)23(28)16-31-15-20-10-6-7-12-22(20)25/h6-13,17-18H,5,14-16H2,1-4H3,(H,26,29)/t17-,18-/m0/s1. The fourth-order valence-corrected chi connectivity index (χ4v) is 4.16. The van der Waals surface area contributed by atoms with Crippen LogP contribution in [0.4, 0.5) is 0 Å². The number of nitrogens with one attached hydrogen (secondary N) is 1. The zero-order chi connectivity index (χ0) is 22.8. The molecule has 0 aliphatic rings. The SMILES string of the molecule is CC[C@H](C)NC(=O)[C@H](C)N(Cc1cccc(OC)c1)C(=O)CSCc1ccccc1Cl. The number of nitrogens with zero attached hydrogens (tertiary/aromatic N) is 1. The van der Waals surface area contributed by atoms with Gasteiger partial charge in [-0.05, 0) is 49.6 Å². The largest absolute Gasteiger partial charge is 0.497 e. The number of hydrogen-bond donors (Lipinski definition) is 1. The maximum atomic E-state index is 13.1. The summed E-state index contributed by atoms with van der Waals surface area (Å²) in [7, 11) is 1.61. The summed E-state index contributed by atoms with van der Waals surface area (Å²) in [6.07, 6.45) is 0.829. The van der Waals surface area contributed by atoms with E-state index in [9.17, 15) is 9.59 Å². The number of carbonyl (C=O) groups excluding carboxylic acids is 2. The second kappa shape index (κ2) is 12.6. The third kappa shape index (κ3) is 7.78. The summed E-state index contributed by atoms with van der Waals surface area (Å²) >= 11 is 7.71. The van der Waals surface area contributed by atoms with Gasteiger partial charge in [0.05, 0.1) is 12.9 Å². The smallest absolute Gasteiger partial charge is 0.242 e. The van der Waals surface area contributed by atoms with Crippen molar-refractivity contribution in [2.24, 2.45) is 0 Å². The first-order chi connectivity index (χ1) is 14.8. The van der Waals surface area contributed by atoms with Crippen molar-refractivity contribution in [3.8, 4) is 5.75 Å². The number of carbonyl (C=O) groups is 2. The van der Waals surface area contributed by atoms with Crippen LogP contribution in [0.25, 0.3) is 0 Å². The molecule has 0 spiro atoms. The Morgan fingerprint density at radius 2 is 1.90 bits per heavy atom. The van der Waals surface area contributed by atoms with Crippen molar-refractivity contribution in [3.63, 3.8) is 0 Å². The Morgan fingerprint density at radius 3 is 2.58 bits per heavy atom. The highest BCUT2D eigenvalue weighted by Gasteiger charge is 2.26. The molecule has 0 aliphatic carbocycles. The van der Waals surface area contributed by atoms with Gasteiger partial charge in [-0.3, -0.25) is 9.59 Å². The summed E-state index contributed by atoms with van der Waals surface area (Å²) in [6.45, 7) is 6.07.